The molecule has 142 valence electrons. The number of aromatic nitrogens is 2. The maximum Gasteiger partial charge on any atom is 0.573 e. The van der Waals surface area contributed by atoms with Crippen LogP contribution in [0.2, 0.25) is 0 Å². The third kappa shape index (κ3) is 5.77. The molecule has 0 bridgehead atoms. The number of carbonyl (C=O) groups excluding carboxylic acids is 2. The molecule has 1 N–H and O–H groups in total. The van der Waals surface area contributed by atoms with Crippen LogP contribution in [0, 0.1) is 5.92 Å². The number of ether oxygens (including phenoxy) is 1. The molecule has 0 spiro atoms. The zero-order chi connectivity index (χ0) is 19.4. The maximum atomic E-state index is 12.3. The summed E-state index contributed by atoms with van der Waals surface area (Å²) in [4.78, 5) is 32.1. The van der Waals surface area contributed by atoms with E-state index in [-0.39, 0.29) is 41.9 Å². The molecule has 0 radical (unpaired) electrons. The number of rotatable bonds is 7. The van der Waals surface area contributed by atoms with E-state index >= 15 is 0 Å². The first-order valence-electron chi connectivity index (χ1n) is 8.28. The Kier molecular flexibility index (Phi) is 5.38. The molecular formula is C18H16F3N3O3. The van der Waals surface area contributed by atoms with Crippen LogP contribution in [0.15, 0.2) is 36.5 Å². The Hall–Kier alpha value is -2.97. The lowest BCUT2D eigenvalue weighted by atomic mass is 10.2. The van der Waals surface area contributed by atoms with Crippen molar-refractivity contribution in [3.05, 3.63) is 53.6 Å². The number of amides is 1. The summed E-state index contributed by atoms with van der Waals surface area (Å²) in [6.07, 6.45) is -1.53. The number of alkyl halides is 3. The molecular weight excluding hydrogens is 363 g/mol. The van der Waals surface area contributed by atoms with Crippen LogP contribution in [-0.4, -0.2) is 28.0 Å². The average Bonchev–Trinajstić information content (AvgIpc) is 3.44. The van der Waals surface area contributed by atoms with Gasteiger partial charge >= 0.3 is 6.36 Å². The van der Waals surface area contributed by atoms with Gasteiger partial charge in [-0.2, -0.15) is 0 Å². The number of ketones is 1. The van der Waals surface area contributed by atoms with Gasteiger partial charge in [-0.1, -0.05) is 12.1 Å². The fourth-order valence-corrected chi connectivity index (χ4v) is 2.44. The Morgan fingerprint density at radius 3 is 2.70 bits per heavy atom. The van der Waals surface area contributed by atoms with Crippen molar-refractivity contribution in [3.8, 4) is 5.75 Å². The average molecular weight is 379 g/mol. The van der Waals surface area contributed by atoms with E-state index in [0.717, 1.165) is 12.8 Å². The highest BCUT2D eigenvalue weighted by molar-refractivity contribution is 5.92. The van der Waals surface area contributed by atoms with Crippen molar-refractivity contribution in [2.24, 2.45) is 5.92 Å². The summed E-state index contributed by atoms with van der Waals surface area (Å²) in [5, 5.41) is 2.57. The second kappa shape index (κ2) is 7.73. The number of nitrogens with zero attached hydrogens (tertiary/aromatic N) is 2. The Balaban J connectivity index is 1.59. The van der Waals surface area contributed by atoms with Crippen molar-refractivity contribution in [2.75, 3.05) is 0 Å². The summed E-state index contributed by atoms with van der Waals surface area (Å²) in [6.45, 7) is -0.00572. The Labute approximate surface area is 152 Å². The van der Waals surface area contributed by atoms with Gasteiger partial charge in [0.05, 0.1) is 6.42 Å². The molecule has 0 saturated heterocycles. The number of nitrogens with one attached hydrogen (secondary N) is 1. The molecule has 1 fully saturated rings. The van der Waals surface area contributed by atoms with Crippen molar-refractivity contribution < 1.29 is 27.5 Å². The van der Waals surface area contributed by atoms with E-state index in [2.05, 4.69) is 20.0 Å². The molecule has 3 rings (SSSR count). The van der Waals surface area contributed by atoms with Gasteiger partial charge in [0.25, 0.3) is 5.91 Å². The van der Waals surface area contributed by atoms with Gasteiger partial charge in [0.1, 0.15) is 23.1 Å². The van der Waals surface area contributed by atoms with Crippen LogP contribution < -0.4 is 10.1 Å². The fraction of sp³-hybridized carbons (Fsp3) is 0.333. The molecule has 0 atom stereocenters. The van der Waals surface area contributed by atoms with E-state index in [0.29, 0.717) is 5.56 Å². The molecule has 1 saturated carbocycles. The second-order valence-electron chi connectivity index (χ2n) is 6.15. The van der Waals surface area contributed by atoms with Crippen molar-refractivity contribution in [1.29, 1.82) is 0 Å². The highest BCUT2D eigenvalue weighted by atomic mass is 19.4. The van der Waals surface area contributed by atoms with Crippen LogP contribution >= 0.6 is 0 Å². The van der Waals surface area contributed by atoms with Crippen molar-refractivity contribution in [3.63, 3.8) is 0 Å². The summed E-state index contributed by atoms with van der Waals surface area (Å²) in [5.41, 5.74) is 0.523. The van der Waals surface area contributed by atoms with Gasteiger partial charge in [-0.05, 0) is 36.6 Å². The molecule has 6 nitrogen and oxygen atoms in total. The summed E-state index contributed by atoms with van der Waals surface area (Å²) >= 11 is 0. The van der Waals surface area contributed by atoms with Gasteiger partial charge < -0.3 is 10.1 Å². The van der Waals surface area contributed by atoms with Crippen LogP contribution in [0.25, 0.3) is 0 Å². The van der Waals surface area contributed by atoms with E-state index in [9.17, 15) is 22.8 Å². The molecule has 1 aliphatic rings. The number of Topliss-reactive ketones (excluding diaryl/α,β-unsaturated/α-hetero) is 1. The molecule has 1 amide bonds. The smallest absolute Gasteiger partial charge is 0.406 e. The number of hydrogen-bond acceptors (Lipinski definition) is 5. The largest absolute Gasteiger partial charge is 0.573 e. The molecule has 1 aromatic heterocycles. The van der Waals surface area contributed by atoms with E-state index in [4.69, 9.17) is 0 Å². The summed E-state index contributed by atoms with van der Waals surface area (Å²) in [7, 11) is 0. The minimum absolute atomic E-state index is 0.00572. The minimum Gasteiger partial charge on any atom is -0.406 e. The topological polar surface area (TPSA) is 81.2 Å². The fourth-order valence-electron chi connectivity index (χ4n) is 2.44. The van der Waals surface area contributed by atoms with Crippen molar-refractivity contribution >= 4 is 11.7 Å². The van der Waals surface area contributed by atoms with Crippen LogP contribution in [0.1, 0.15) is 34.7 Å². The van der Waals surface area contributed by atoms with Gasteiger partial charge in [0.2, 0.25) is 0 Å². The minimum atomic E-state index is -4.78. The quantitative estimate of drug-likeness (QED) is 0.800. The van der Waals surface area contributed by atoms with E-state index in [1.165, 1.54) is 30.5 Å². The van der Waals surface area contributed by atoms with Crippen LogP contribution in [0.4, 0.5) is 13.2 Å². The first-order chi connectivity index (χ1) is 12.8. The van der Waals surface area contributed by atoms with Crippen molar-refractivity contribution in [1.82, 2.24) is 15.3 Å². The zero-order valence-electron chi connectivity index (χ0n) is 14.1. The molecule has 1 aromatic carbocycles. The number of halogens is 3. The van der Waals surface area contributed by atoms with Gasteiger partial charge in [-0.15, -0.1) is 13.2 Å². The predicted octanol–water partition coefficient (Wildman–Crippen LogP) is 2.83. The monoisotopic (exact) mass is 379 g/mol. The standard InChI is InChI=1S/C18H16F3N3O3/c19-18(20,21)27-13-3-1-2-11(8-13)10-23-17(26)14-6-7-22-16(24-14)9-15(25)12-4-5-12/h1-3,6-8,12H,4-5,9-10H2,(H,23,26). The Morgan fingerprint density at radius 1 is 1.22 bits per heavy atom. The van der Waals surface area contributed by atoms with Crippen LogP contribution in [-0.2, 0) is 17.8 Å². The Morgan fingerprint density at radius 2 is 2.00 bits per heavy atom. The highest BCUT2D eigenvalue weighted by Gasteiger charge is 2.31. The van der Waals surface area contributed by atoms with Gasteiger partial charge in [-0.3, -0.25) is 9.59 Å². The maximum absolute atomic E-state index is 12.3. The van der Waals surface area contributed by atoms with Crippen LogP contribution in [0.3, 0.4) is 0 Å². The van der Waals surface area contributed by atoms with Gasteiger partial charge in [0.15, 0.2) is 0 Å². The lowest BCUT2D eigenvalue weighted by molar-refractivity contribution is -0.274. The highest BCUT2D eigenvalue weighted by Crippen LogP contribution is 2.30. The molecule has 1 heterocycles. The van der Waals surface area contributed by atoms with E-state index in [1.807, 2.05) is 0 Å². The third-order valence-electron chi connectivity index (χ3n) is 3.89. The zero-order valence-corrected chi connectivity index (χ0v) is 14.1. The van der Waals surface area contributed by atoms with Crippen molar-refractivity contribution in [2.45, 2.75) is 32.2 Å². The lowest BCUT2D eigenvalue weighted by Gasteiger charge is -2.10. The number of hydrogen-bond donors (Lipinski definition) is 1. The van der Waals surface area contributed by atoms with E-state index in [1.54, 1.807) is 6.07 Å². The van der Waals surface area contributed by atoms with Gasteiger partial charge in [-0.25, -0.2) is 9.97 Å². The molecule has 27 heavy (non-hydrogen) atoms. The first kappa shape index (κ1) is 18.8. The van der Waals surface area contributed by atoms with Crippen LogP contribution in [0.5, 0.6) is 5.75 Å². The summed E-state index contributed by atoms with van der Waals surface area (Å²) in [5.74, 6) is -0.455. The SMILES string of the molecule is O=C(NCc1cccc(OC(F)(F)F)c1)c1ccnc(CC(=O)C2CC2)n1. The number of benzene rings is 1. The molecule has 0 aliphatic heterocycles. The summed E-state index contributed by atoms with van der Waals surface area (Å²) in [6, 6.07) is 6.72. The predicted molar refractivity (Wildman–Crippen MR) is 87.8 cm³/mol. The normalized spacial score (nSPS) is 13.9. The first-order valence-corrected chi connectivity index (χ1v) is 8.28. The lowest BCUT2D eigenvalue weighted by Crippen LogP contribution is -2.24. The Bertz CT molecular complexity index is 851. The number of carbonyl (C=O) groups is 2. The summed E-state index contributed by atoms with van der Waals surface area (Å²) < 4.78 is 40.6. The molecule has 0 unspecified atom stereocenters. The second-order valence-corrected chi connectivity index (χ2v) is 6.15. The van der Waals surface area contributed by atoms with E-state index < -0.39 is 12.3 Å². The molecule has 2 aromatic rings. The molecule has 9 heteroatoms. The van der Waals surface area contributed by atoms with Gasteiger partial charge in [0, 0.05) is 18.7 Å². The molecule has 1 aliphatic carbocycles. The third-order valence-corrected chi connectivity index (χ3v) is 3.89.